The number of hydrogen-bond acceptors (Lipinski definition) is 3. The van der Waals surface area contributed by atoms with Crippen LogP contribution in [0.15, 0.2) is 36.0 Å². The molecule has 3 rings (SSSR count). The molecule has 1 aliphatic carbocycles. The van der Waals surface area contributed by atoms with Gasteiger partial charge in [-0.2, -0.15) is 5.10 Å². The van der Waals surface area contributed by atoms with E-state index in [0.29, 0.717) is 11.1 Å². The van der Waals surface area contributed by atoms with Gasteiger partial charge in [-0.25, -0.2) is 0 Å². The van der Waals surface area contributed by atoms with Crippen LogP contribution in [0, 0.1) is 6.92 Å². The van der Waals surface area contributed by atoms with Crippen LogP contribution in [0.5, 0.6) is 0 Å². The quantitative estimate of drug-likeness (QED) is 0.577. The number of nitrogens with zero attached hydrogens (tertiary/aromatic N) is 2. The molecule has 94 valence electrons. The average Bonchev–Trinajstić information content (AvgIpc) is 2.83. The highest BCUT2D eigenvalue weighted by molar-refractivity contribution is 6.41. The second kappa shape index (κ2) is 4.02. The van der Waals surface area contributed by atoms with Crippen LogP contribution in [0.4, 0.5) is 0 Å². The summed E-state index contributed by atoms with van der Waals surface area (Å²) in [6.07, 6.45) is 3.43. The van der Waals surface area contributed by atoms with Crippen molar-refractivity contribution in [2.45, 2.75) is 6.92 Å². The third-order valence-corrected chi connectivity index (χ3v) is 3.26. The number of aryl methyl sites for hydroxylation is 2. The van der Waals surface area contributed by atoms with Gasteiger partial charge in [0.15, 0.2) is 11.6 Å². The summed E-state index contributed by atoms with van der Waals surface area (Å²) in [5.74, 6) is -0.410. The van der Waals surface area contributed by atoms with Gasteiger partial charge in [0.25, 0.3) is 0 Å². The van der Waals surface area contributed by atoms with Gasteiger partial charge in [-0.05, 0) is 13.0 Å². The SMILES string of the molecule is Cc1nn(C)cc1C=C1C(=O)c2ccccc2C1=O. The van der Waals surface area contributed by atoms with E-state index in [9.17, 15) is 9.59 Å². The first-order chi connectivity index (χ1) is 9.08. The summed E-state index contributed by atoms with van der Waals surface area (Å²) < 4.78 is 1.67. The van der Waals surface area contributed by atoms with E-state index < -0.39 is 0 Å². The van der Waals surface area contributed by atoms with E-state index >= 15 is 0 Å². The lowest BCUT2D eigenvalue weighted by molar-refractivity contribution is 0.0990. The topological polar surface area (TPSA) is 52.0 Å². The van der Waals surface area contributed by atoms with Gasteiger partial charge in [0.1, 0.15) is 0 Å². The van der Waals surface area contributed by atoms with Gasteiger partial charge < -0.3 is 0 Å². The van der Waals surface area contributed by atoms with E-state index in [1.54, 1.807) is 41.2 Å². The van der Waals surface area contributed by atoms with Crippen LogP contribution >= 0.6 is 0 Å². The van der Waals surface area contributed by atoms with Crippen molar-refractivity contribution in [2.24, 2.45) is 7.05 Å². The predicted molar refractivity (Wildman–Crippen MR) is 71.0 cm³/mol. The molecule has 0 spiro atoms. The molecule has 0 fully saturated rings. The van der Waals surface area contributed by atoms with E-state index in [4.69, 9.17) is 0 Å². The lowest BCUT2D eigenvalue weighted by Gasteiger charge is -1.93. The summed E-state index contributed by atoms with van der Waals surface area (Å²) in [6, 6.07) is 6.91. The predicted octanol–water partition coefficient (Wildman–Crippen LogP) is 2.19. The second-order valence-electron chi connectivity index (χ2n) is 4.61. The number of hydrogen-bond donors (Lipinski definition) is 0. The zero-order chi connectivity index (χ0) is 13.6. The highest BCUT2D eigenvalue weighted by Crippen LogP contribution is 2.27. The van der Waals surface area contributed by atoms with Crippen molar-refractivity contribution in [3.63, 3.8) is 0 Å². The average molecular weight is 252 g/mol. The Bertz CT molecular complexity index is 701. The Labute approximate surface area is 110 Å². The molecular weight excluding hydrogens is 240 g/mol. The standard InChI is InChI=1S/C15H12N2O2/c1-9-10(8-17(2)16-9)7-13-14(18)11-5-3-4-6-12(11)15(13)19/h3-8H,1-2H3. The summed E-state index contributed by atoms with van der Waals surface area (Å²) in [5, 5.41) is 4.20. The normalized spacial score (nSPS) is 13.9. The van der Waals surface area contributed by atoms with Crippen LogP contribution in [-0.4, -0.2) is 21.3 Å². The van der Waals surface area contributed by atoms with Gasteiger partial charge in [-0.1, -0.05) is 24.3 Å². The molecule has 0 amide bonds. The van der Waals surface area contributed by atoms with E-state index in [1.807, 2.05) is 14.0 Å². The first kappa shape index (κ1) is 11.6. The lowest BCUT2D eigenvalue weighted by Crippen LogP contribution is -2.00. The van der Waals surface area contributed by atoms with E-state index in [1.165, 1.54) is 0 Å². The number of fused-ring (bicyclic) bond motifs is 1. The summed E-state index contributed by atoms with van der Waals surface area (Å²) in [5.41, 5.74) is 2.79. The molecule has 0 bridgehead atoms. The Balaban J connectivity index is 2.12. The largest absolute Gasteiger partial charge is 0.288 e. The molecule has 1 aliphatic rings. The fraction of sp³-hybridized carbons (Fsp3) is 0.133. The minimum Gasteiger partial charge on any atom is -0.288 e. The Hall–Kier alpha value is -2.49. The molecule has 0 radical (unpaired) electrons. The minimum atomic E-state index is -0.205. The van der Waals surface area contributed by atoms with Crippen LogP contribution < -0.4 is 0 Å². The molecule has 4 nitrogen and oxygen atoms in total. The van der Waals surface area contributed by atoms with Crippen molar-refractivity contribution in [1.82, 2.24) is 9.78 Å². The first-order valence-electron chi connectivity index (χ1n) is 5.98. The van der Waals surface area contributed by atoms with Crippen molar-refractivity contribution in [3.8, 4) is 0 Å². The van der Waals surface area contributed by atoms with Gasteiger partial charge in [0.05, 0.1) is 11.3 Å². The molecule has 0 saturated heterocycles. The maximum atomic E-state index is 12.2. The Kier molecular flexibility index (Phi) is 2.45. The van der Waals surface area contributed by atoms with Crippen molar-refractivity contribution < 1.29 is 9.59 Å². The van der Waals surface area contributed by atoms with Gasteiger partial charge in [-0.3, -0.25) is 14.3 Å². The van der Waals surface area contributed by atoms with Crippen LogP contribution in [0.3, 0.4) is 0 Å². The molecule has 0 atom stereocenters. The summed E-state index contributed by atoms with van der Waals surface area (Å²) in [6.45, 7) is 1.85. The summed E-state index contributed by atoms with van der Waals surface area (Å²) in [4.78, 5) is 24.4. The number of carbonyl (C=O) groups is 2. The maximum Gasteiger partial charge on any atom is 0.197 e. The highest BCUT2D eigenvalue weighted by Gasteiger charge is 2.32. The number of Topliss-reactive ketones (excluding diaryl/α,β-unsaturated/α-hetero) is 2. The molecule has 1 aromatic carbocycles. The lowest BCUT2D eigenvalue weighted by atomic mass is 10.1. The molecule has 1 heterocycles. The van der Waals surface area contributed by atoms with Gasteiger partial charge in [-0.15, -0.1) is 0 Å². The zero-order valence-corrected chi connectivity index (χ0v) is 10.7. The summed E-state index contributed by atoms with van der Waals surface area (Å²) in [7, 11) is 1.81. The molecule has 2 aromatic rings. The van der Waals surface area contributed by atoms with Crippen molar-refractivity contribution in [1.29, 1.82) is 0 Å². The first-order valence-corrected chi connectivity index (χ1v) is 5.98. The fourth-order valence-electron chi connectivity index (χ4n) is 2.32. The van der Waals surface area contributed by atoms with E-state index in [0.717, 1.165) is 11.3 Å². The molecule has 0 unspecified atom stereocenters. The maximum absolute atomic E-state index is 12.2. The van der Waals surface area contributed by atoms with Crippen molar-refractivity contribution >= 4 is 17.6 Å². The third kappa shape index (κ3) is 1.73. The number of aromatic nitrogens is 2. The van der Waals surface area contributed by atoms with Crippen LogP contribution in [-0.2, 0) is 7.05 Å². The Morgan fingerprint density at radius 3 is 2.16 bits per heavy atom. The van der Waals surface area contributed by atoms with E-state index in [-0.39, 0.29) is 17.1 Å². The van der Waals surface area contributed by atoms with Crippen molar-refractivity contribution in [3.05, 3.63) is 58.4 Å². The molecule has 0 aliphatic heterocycles. The minimum absolute atomic E-state index is 0.205. The fourth-order valence-corrected chi connectivity index (χ4v) is 2.32. The molecule has 4 heteroatoms. The number of benzene rings is 1. The zero-order valence-electron chi connectivity index (χ0n) is 10.7. The Morgan fingerprint density at radius 2 is 1.68 bits per heavy atom. The number of allylic oxidation sites excluding steroid dienone is 1. The number of rotatable bonds is 1. The molecule has 0 saturated carbocycles. The molecular formula is C15H12N2O2. The highest BCUT2D eigenvalue weighted by atomic mass is 16.2. The van der Waals surface area contributed by atoms with Gasteiger partial charge in [0, 0.05) is 29.9 Å². The molecule has 1 aromatic heterocycles. The molecule has 0 N–H and O–H groups in total. The van der Waals surface area contributed by atoms with Gasteiger partial charge >= 0.3 is 0 Å². The Morgan fingerprint density at radius 1 is 1.11 bits per heavy atom. The van der Waals surface area contributed by atoms with Crippen molar-refractivity contribution in [2.75, 3.05) is 0 Å². The van der Waals surface area contributed by atoms with E-state index in [2.05, 4.69) is 5.10 Å². The smallest absolute Gasteiger partial charge is 0.197 e. The van der Waals surface area contributed by atoms with Gasteiger partial charge in [0.2, 0.25) is 0 Å². The molecule has 19 heavy (non-hydrogen) atoms. The monoisotopic (exact) mass is 252 g/mol. The number of ketones is 2. The number of carbonyl (C=O) groups excluding carboxylic acids is 2. The summed E-state index contributed by atoms with van der Waals surface area (Å²) >= 11 is 0. The van der Waals surface area contributed by atoms with Crippen LogP contribution in [0.25, 0.3) is 6.08 Å². The second-order valence-corrected chi connectivity index (χ2v) is 4.61. The van der Waals surface area contributed by atoms with Crippen LogP contribution in [0.1, 0.15) is 32.0 Å². The van der Waals surface area contributed by atoms with Crippen LogP contribution in [0.2, 0.25) is 0 Å². The third-order valence-electron chi connectivity index (χ3n) is 3.26.